The Morgan fingerprint density at radius 2 is 2.00 bits per heavy atom. The predicted molar refractivity (Wildman–Crippen MR) is 105 cm³/mol. The molecule has 3 rings (SSSR count). The molecule has 0 radical (unpaired) electrons. The van der Waals surface area contributed by atoms with E-state index in [0.29, 0.717) is 23.4 Å². The lowest BCUT2D eigenvalue weighted by Gasteiger charge is -2.22. The molecule has 0 aliphatic heterocycles. The molecule has 0 aliphatic rings. The molecule has 0 aliphatic carbocycles. The molecule has 0 saturated carbocycles. The summed E-state index contributed by atoms with van der Waals surface area (Å²) in [6.45, 7) is 4.66. The van der Waals surface area contributed by atoms with Crippen LogP contribution in [0.2, 0.25) is 0 Å². The zero-order valence-electron chi connectivity index (χ0n) is 14.9. The van der Waals surface area contributed by atoms with Gasteiger partial charge in [-0.25, -0.2) is 0 Å². The Morgan fingerprint density at radius 1 is 1.23 bits per heavy atom. The minimum Gasteiger partial charge on any atom is -0.396 e. The summed E-state index contributed by atoms with van der Waals surface area (Å²) >= 11 is 1.37. The molecule has 6 heteroatoms. The van der Waals surface area contributed by atoms with Crippen molar-refractivity contribution in [3.63, 3.8) is 0 Å². The summed E-state index contributed by atoms with van der Waals surface area (Å²) in [7, 11) is 0. The van der Waals surface area contributed by atoms with Gasteiger partial charge in [0.25, 0.3) is 11.5 Å². The van der Waals surface area contributed by atoms with E-state index in [1.54, 1.807) is 11.0 Å². The number of rotatable bonds is 6. The molecule has 0 fully saturated rings. The maximum absolute atomic E-state index is 12.7. The highest BCUT2D eigenvalue weighted by Crippen LogP contribution is 2.19. The number of H-pyrrole nitrogens is 1. The monoisotopic (exact) mass is 370 g/mol. The standard InChI is InChI=1S/C20H22N2O3S/c1-13-9-15-11-16(19(24)21-17(15)10-14(13)2)12-22(6-4-7-23)20(25)18-5-3-8-26-18/h3,5,8-11,23H,4,6-7,12H2,1-2H3,(H,21,24). The fourth-order valence-electron chi connectivity index (χ4n) is 2.92. The predicted octanol–water partition coefficient (Wildman–Crippen LogP) is 3.23. The van der Waals surface area contributed by atoms with Crippen molar-refractivity contribution in [2.75, 3.05) is 13.2 Å². The fraction of sp³-hybridized carbons (Fsp3) is 0.300. The average molecular weight is 370 g/mol. The summed E-state index contributed by atoms with van der Waals surface area (Å²) in [5.41, 5.74) is 3.44. The third-order valence-electron chi connectivity index (χ3n) is 4.50. The number of amides is 1. The molecular weight excluding hydrogens is 348 g/mol. The summed E-state index contributed by atoms with van der Waals surface area (Å²) in [5.74, 6) is -0.118. The second kappa shape index (κ2) is 7.85. The van der Waals surface area contributed by atoms with Crippen molar-refractivity contribution < 1.29 is 9.90 Å². The summed E-state index contributed by atoms with van der Waals surface area (Å²) in [5, 5.41) is 11.9. The van der Waals surface area contributed by atoms with Crippen molar-refractivity contribution in [3.05, 3.63) is 67.6 Å². The summed E-state index contributed by atoms with van der Waals surface area (Å²) in [4.78, 5) is 30.4. The molecular formula is C20H22N2O3S. The van der Waals surface area contributed by atoms with Crippen molar-refractivity contribution in [2.45, 2.75) is 26.8 Å². The van der Waals surface area contributed by atoms with Crippen LogP contribution in [-0.4, -0.2) is 34.0 Å². The van der Waals surface area contributed by atoms with Gasteiger partial charge in [-0.2, -0.15) is 0 Å². The molecule has 0 unspecified atom stereocenters. The number of fused-ring (bicyclic) bond motifs is 1. The zero-order valence-corrected chi connectivity index (χ0v) is 15.7. The molecule has 3 aromatic rings. The van der Waals surface area contributed by atoms with Crippen LogP contribution in [0.25, 0.3) is 10.9 Å². The number of thiophene rings is 1. The summed E-state index contributed by atoms with van der Waals surface area (Å²) < 4.78 is 0. The molecule has 0 bridgehead atoms. The van der Waals surface area contributed by atoms with Crippen molar-refractivity contribution in [1.82, 2.24) is 9.88 Å². The van der Waals surface area contributed by atoms with E-state index in [2.05, 4.69) is 4.98 Å². The van der Waals surface area contributed by atoms with E-state index < -0.39 is 0 Å². The zero-order chi connectivity index (χ0) is 18.7. The molecule has 1 amide bonds. The summed E-state index contributed by atoms with van der Waals surface area (Å²) in [6, 6.07) is 9.47. The number of aromatic amines is 1. The molecule has 0 atom stereocenters. The maximum Gasteiger partial charge on any atom is 0.264 e. The Morgan fingerprint density at radius 3 is 2.69 bits per heavy atom. The quantitative estimate of drug-likeness (QED) is 0.700. The molecule has 0 spiro atoms. The van der Waals surface area contributed by atoms with Gasteiger partial charge in [-0.15, -0.1) is 11.3 Å². The van der Waals surface area contributed by atoms with Gasteiger partial charge in [0.15, 0.2) is 0 Å². The van der Waals surface area contributed by atoms with Crippen molar-refractivity contribution in [1.29, 1.82) is 0 Å². The molecule has 2 aromatic heterocycles. The second-order valence-electron chi connectivity index (χ2n) is 6.43. The number of aliphatic hydroxyl groups is 1. The lowest BCUT2D eigenvalue weighted by atomic mass is 10.0. The van der Waals surface area contributed by atoms with Gasteiger partial charge in [-0.05, 0) is 66.4 Å². The van der Waals surface area contributed by atoms with Gasteiger partial charge < -0.3 is 15.0 Å². The largest absolute Gasteiger partial charge is 0.396 e. The number of hydrogen-bond acceptors (Lipinski definition) is 4. The number of aryl methyl sites for hydroxylation is 2. The van der Waals surface area contributed by atoms with Gasteiger partial charge in [0, 0.05) is 24.2 Å². The number of carbonyl (C=O) groups excluding carboxylic acids is 1. The van der Waals surface area contributed by atoms with Crippen molar-refractivity contribution >= 4 is 28.1 Å². The van der Waals surface area contributed by atoms with E-state index in [-0.39, 0.29) is 24.6 Å². The van der Waals surface area contributed by atoms with Crippen LogP contribution in [0.15, 0.2) is 40.5 Å². The van der Waals surface area contributed by atoms with Crippen LogP contribution in [0.4, 0.5) is 0 Å². The molecule has 5 nitrogen and oxygen atoms in total. The van der Waals surface area contributed by atoms with E-state index in [1.165, 1.54) is 11.3 Å². The van der Waals surface area contributed by atoms with Crippen LogP contribution < -0.4 is 5.56 Å². The Hall–Kier alpha value is -2.44. The maximum atomic E-state index is 12.7. The summed E-state index contributed by atoms with van der Waals surface area (Å²) in [6.07, 6.45) is 0.473. The van der Waals surface area contributed by atoms with Gasteiger partial charge in [-0.3, -0.25) is 9.59 Å². The van der Waals surface area contributed by atoms with Crippen LogP contribution in [0.5, 0.6) is 0 Å². The topological polar surface area (TPSA) is 73.4 Å². The first-order valence-electron chi connectivity index (χ1n) is 8.56. The van der Waals surface area contributed by atoms with E-state index >= 15 is 0 Å². The van der Waals surface area contributed by atoms with Crippen LogP contribution in [0, 0.1) is 13.8 Å². The third-order valence-corrected chi connectivity index (χ3v) is 5.36. The molecule has 26 heavy (non-hydrogen) atoms. The normalized spacial score (nSPS) is 11.0. The molecule has 2 heterocycles. The fourth-order valence-corrected chi connectivity index (χ4v) is 3.61. The molecule has 0 saturated heterocycles. The minimum atomic E-state index is -0.186. The number of carbonyl (C=O) groups is 1. The number of benzene rings is 1. The third kappa shape index (κ3) is 3.86. The van der Waals surface area contributed by atoms with E-state index in [0.717, 1.165) is 22.0 Å². The number of hydrogen-bond donors (Lipinski definition) is 2. The number of nitrogens with zero attached hydrogens (tertiary/aromatic N) is 1. The Bertz CT molecular complexity index is 977. The Labute approximate surface area is 155 Å². The van der Waals surface area contributed by atoms with Gasteiger partial charge >= 0.3 is 0 Å². The first-order chi connectivity index (χ1) is 12.5. The van der Waals surface area contributed by atoms with Gasteiger partial charge in [0.2, 0.25) is 0 Å². The van der Waals surface area contributed by atoms with Gasteiger partial charge in [-0.1, -0.05) is 6.07 Å². The molecule has 1 aromatic carbocycles. The SMILES string of the molecule is Cc1cc2cc(CN(CCCO)C(=O)c3cccs3)c(=O)[nH]c2cc1C. The Kier molecular flexibility index (Phi) is 5.54. The van der Waals surface area contributed by atoms with Gasteiger partial charge in [0.05, 0.1) is 11.4 Å². The van der Waals surface area contributed by atoms with Crippen molar-refractivity contribution in [2.24, 2.45) is 0 Å². The van der Waals surface area contributed by atoms with Crippen LogP contribution in [0.3, 0.4) is 0 Å². The smallest absolute Gasteiger partial charge is 0.264 e. The second-order valence-corrected chi connectivity index (χ2v) is 7.38. The minimum absolute atomic E-state index is 0.000763. The van der Waals surface area contributed by atoms with Crippen LogP contribution in [0.1, 0.15) is 32.8 Å². The first kappa shape index (κ1) is 18.4. The first-order valence-corrected chi connectivity index (χ1v) is 9.44. The number of aliphatic hydroxyl groups excluding tert-OH is 1. The average Bonchev–Trinajstić information content (AvgIpc) is 3.14. The number of nitrogens with one attached hydrogen (secondary N) is 1. The van der Waals surface area contributed by atoms with E-state index in [1.807, 2.05) is 43.5 Å². The lowest BCUT2D eigenvalue weighted by Crippen LogP contribution is -2.33. The molecule has 2 N–H and O–H groups in total. The van der Waals surface area contributed by atoms with E-state index in [4.69, 9.17) is 5.11 Å². The van der Waals surface area contributed by atoms with Crippen LogP contribution >= 0.6 is 11.3 Å². The van der Waals surface area contributed by atoms with Crippen molar-refractivity contribution in [3.8, 4) is 0 Å². The highest BCUT2D eigenvalue weighted by Gasteiger charge is 2.18. The highest BCUT2D eigenvalue weighted by atomic mass is 32.1. The van der Waals surface area contributed by atoms with Gasteiger partial charge in [0.1, 0.15) is 0 Å². The van der Waals surface area contributed by atoms with E-state index in [9.17, 15) is 9.59 Å². The number of pyridine rings is 1. The lowest BCUT2D eigenvalue weighted by molar-refractivity contribution is 0.0736. The number of aromatic nitrogens is 1. The highest BCUT2D eigenvalue weighted by molar-refractivity contribution is 7.12. The van der Waals surface area contributed by atoms with Crippen LogP contribution in [-0.2, 0) is 6.54 Å². The Balaban J connectivity index is 1.95. The molecule has 136 valence electrons.